The van der Waals surface area contributed by atoms with E-state index in [0.29, 0.717) is 0 Å². The fourth-order valence-corrected chi connectivity index (χ4v) is 1.34. The monoisotopic (exact) mass is 190 g/mol. The highest BCUT2D eigenvalue weighted by atomic mass is 15.1. The first kappa shape index (κ1) is 12.9. The molecule has 3 heteroatoms. The fourth-order valence-electron chi connectivity index (χ4n) is 1.34. The average Bonchev–Trinajstić information content (AvgIpc) is 2.01. The van der Waals surface area contributed by atoms with Gasteiger partial charge in [0.25, 0.3) is 0 Å². The predicted octanol–water partition coefficient (Wildman–Crippen LogP) is -3.38. The molecule has 0 atom stereocenters. The predicted molar refractivity (Wildman–Crippen MR) is 56.2 cm³/mol. The van der Waals surface area contributed by atoms with Crippen LogP contribution in [0.4, 0.5) is 0 Å². The van der Waals surface area contributed by atoms with Crippen LogP contribution in [0.1, 0.15) is 12.8 Å². The summed E-state index contributed by atoms with van der Waals surface area (Å²) in [5.74, 6) is 0. The Hall–Kier alpha value is -0.120. The summed E-state index contributed by atoms with van der Waals surface area (Å²) in [6, 6.07) is 0. The highest BCUT2D eigenvalue weighted by Crippen LogP contribution is 1.64. The minimum Gasteiger partial charge on any atom is -0.346 e. The maximum Gasteiger partial charge on any atom is 0.0821 e. The van der Waals surface area contributed by atoms with Crippen LogP contribution in [-0.4, -0.2) is 54.4 Å². The quantitative estimate of drug-likeness (QED) is 0.333. The summed E-state index contributed by atoms with van der Waals surface area (Å²) in [6.07, 6.45) is 2.69. The van der Waals surface area contributed by atoms with Gasteiger partial charge in [0.05, 0.1) is 54.4 Å². The molecule has 0 aliphatic heterocycles. The molecule has 0 amide bonds. The van der Waals surface area contributed by atoms with Crippen LogP contribution in [0.15, 0.2) is 0 Å². The lowest BCUT2D eigenvalue weighted by Crippen LogP contribution is -3.06. The van der Waals surface area contributed by atoms with Crippen LogP contribution >= 0.6 is 0 Å². The van der Waals surface area contributed by atoms with Crippen LogP contribution in [0, 0.1) is 0 Å². The lowest BCUT2D eigenvalue weighted by Gasteiger charge is -2.07. The van der Waals surface area contributed by atoms with Crippen molar-refractivity contribution in [2.45, 2.75) is 12.8 Å². The van der Waals surface area contributed by atoms with Crippen LogP contribution in [-0.2, 0) is 0 Å². The first-order valence-corrected chi connectivity index (χ1v) is 5.52. The third kappa shape index (κ3) is 11.9. The number of nitrogens with two attached hydrogens (primary N) is 1. The van der Waals surface area contributed by atoms with E-state index in [-0.39, 0.29) is 0 Å². The number of hydrogen-bond donors (Lipinski definition) is 3. The molecule has 80 valence electrons. The second-order valence-corrected chi connectivity index (χ2v) is 4.49. The minimum atomic E-state index is 1.30. The average molecular weight is 190 g/mol. The zero-order chi connectivity index (χ0) is 10.1. The van der Waals surface area contributed by atoms with Gasteiger partial charge in [-0.25, -0.2) is 0 Å². The molecular weight excluding hydrogens is 162 g/mol. The molecule has 13 heavy (non-hydrogen) atoms. The van der Waals surface area contributed by atoms with Crippen LogP contribution in [0.5, 0.6) is 0 Å². The molecule has 0 rings (SSSR count). The summed E-state index contributed by atoms with van der Waals surface area (Å²) in [5, 5.41) is 2.45. The topological polar surface area (TPSA) is 25.5 Å². The van der Waals surface area contributed by atoms with E-state index >= 15 is 0 Å². The molecule has 0 bridgehead atoms. The molecule has 0 aromatic rings. The van der Waals surface area contributed by atoms with Gasteiger partial charge in [-0.2, -0.15) is 0 Å². The zero-order valence-electron chi connectivity index (χ0n) is 9.82. The van der Waals surface area contributed by atoms with Crippen LogP contribution in [0.3, 0.4) is 0 Å². The van der Waals surface area contributed by atoms with E-state index in [1.54, 1.807) is 9.80 Å². The molecule has 0 saturated carbocycles. The molecule has 0 radical (unpaired) electrons. The number of quaternary nitrogens is 3. The molecule has 0 aromatic heterocycles. The van der Waals surface area contributed by atoms with E-state index in [2.05, 4.69) is 33.5 Å². The molecule has 0 aromatic carbocycles. The van der Waals surface area contributed by atoms with Crippen molar-refractivity contribution in [2.24, 2.45) is 0 Å². The lowest BCUT2D eigenvalue weighted by molar-refractivity contribution is -0.862. The second-order valence-electron chi connectivity index (χ2n) is 4.49. The second kappa shape index (κ2) is 8.48. The van der Waals surface area contributed by atoms with Gasteiger partial charge in [0, 0.05) is 12.8 Å². The SMILES string of the molecule is C[NH+](C)CCC[NH2+]CCC[NH+](C)C. The Morgan fingerprint density at radius 2 is 1.15 bits per heavy atom. The van der Waals surface area contributed by atoms with Crippen molar-refractivity contribution in [2.75, 3.05) is 54.4 Å². The Morgan fingerprint density at radius 1 is 0.769 bits per heavy atom. The maximum absolute atomic E-state index is 2.45. The summed E-state index contributed by atoms with van der Waals surface area (Å²) >= 11 is 0. The van der Waals surface area contributed by atoms with Crippen LogP contribution in [0.25, 0.3) is 0 Å². The highest BCUT2D eigenvalue weighted by molar-refractivity contribution is 4.29. The third-order valence-corrected chi connectivity index (χ3v) is 2.17. The van der Waals surface area contributed by atoms with E-state index in [1.165, 1.54) is 39.0 Å². The Balaban J connectivity index is 2.92. The molecule has 4 N–H and O–H groups in total. The zero-order valence-corrected chi connectivity index (χ0v) is 9.82. The van der Waals surface area contributed by atoms with Crippen molar-refractivity contribution in [3.05, 3.63) is 0 Å². The summed E-state index contributed by atoms with van der Waals surface area (Å²) in [4.78, 5) is 3.12. The number of nitrogens with one attached hydrogen (secondary N) is 2. The maximum atomic E-state index is 2.45. The summed E-state index contributed by atoms with van der Waals surface area (Å²) in [5.41, 5.74) is 0. The highest BCUT2D eigenvalue weighted by Gasteiger charge is 1.97. The van der Waals surface area contributed by atoms with Crippen LogP contribution < -0.4 is 15.1 Å². The molecule has 3 nitrogen and oxygen atoms in total. The van der Waals surface area contributed by atoms with Gasteiger partial charge in [-0.1, -0.05) is 0 Å². The molecule has 0 spiro atoms. The van der Waals surface area contributed by atoms with Gasteiger partial charge in [0.1, 0.15) is 0 Å². The number of rotatable bonds is 8. The molecule has 0 saturated heterocycles. The molecule has 0 fully saturated rings. The van der Waals surface area contributed by atoms with Crippen LogP contribution in [0.2, 0.25) is 0 Å². The van der Waals surface area contributed by atoms with Gasteiger partial charge in [-0.05, 0) is 0 Å². The van der Waals surface area contributed by atoms with E-state index in [4.69, 9.17) is 0 Å². The van der Waals surface area contributed by atoms with Crippen molar-refractivity contribution in [3.63, 3.8) is 0 Å². The lowest BCUT2D eigenvalue weighted by atomic mass is 10.3. The summed E-state index contributed by atoms with van der Waals surface area (Å²) in [6.45, 7) is 5.20. The molecule has 0 aliphatic rings. The third-order valence-electron chi connectivity index (χ3n) is 2.17. The summed E-state index contributed by atoms with van der Waals surface area (Å²) < 4.78 is 0. The van der Waals surface area contributed by atoms with Gasteiger partial charge < -0.3 is 15.1 Å². The Morgan fingerprint density at radius 3 is 1.46 bits per heavy atom. The largest absolute Gasteiger partial charge is 0.346 e. The van der Waals surface area contributed by atoms with Gasteiger partial charge in [-0.3, -0.25) is 0 Å². The van der Waals surface area contributed by atoms with Crippen molar-refractivity contribution >= 4 is 0 Å². The van der Waals surface area contributed by atoms with Gasteiger partial charge >= 0.3 is 0 Å². The smallest absolute Gasteiger partial charge is 0.0821 e. The van der Waals surface area contributed by atoms with E-state index < -0.39 is 0 Å². The van der Waals surface area contributed by atoms with Crippen molar-refractivity contribution in [1.29, 1.82) is 0 Å². The van der Waals surface area contributed by atoms with Gasteiger partial charge in [0.15, 0.2) is 0 Å². The van der Waals surface area contributed by atoms with E-state index in [0.717, 1.165) is 0 Å². The van der Waals surface area contributed by atoms with Crippen molar-refractivity contribution in [3.8, 4) is 0 Å². The van der Waals surface area contributed by atoms with E-state index in [9.17, 15) is 0 Å². The van der Waals surface area contributed by atoms with Crippen molar-refractivity contribution in [1.82, 2.24) is 0 Å². The first-order chi connectivity index (χ1) is 6.13. The molecule has 0 unspecified atom stereocenters. The number of hydrogen-bond acceptors (Lipinski definition) is 0. The van der Waals surface area contributed by atoms with Crippen molar-refractivity contribution < 1.29 is 15.1 Å². The first-order valence-electron chi connectivity index (χ1n) is 5.52. The summed E-state index contributed by atoms with van der Waals surface area (Å²) in [7, 11) is 8.87. The van der Waals surface area contributed by atoms with Gasteiger partial charge in [-0.15, -0.1) is 0 Å². The fraction of sp³-hybridized carbons (Fsp3) is 1.00. The normalized spacial score (nSPS) is 11.5. The van der Waals surface area contributed by atoms with E-state index in [1.807, 2.05) is 0 Å². The standard InChI is InChI=1S/C10H25N3/c1-12(2)9-5-7-11-8-6-10-13(3)4/h11H,5-10H2,1-4H3/p+3. The minimum absolute atomic E-state index is 1.30. The Bertz CT molecular complexity index is 90.3. The van der Waals surface area contributed by atoms with Gasteiger partial charge in [0.2, 0.25) is 0 Å². The Labute approximate surface area is 83.1 Å². The molecule has 0 aliphatic carbocycles. The molecule has 0 heterocycles. The Kier molecular flexibility index (Phi) is 8.40. The molecular formula is C10H28N3+3.